The number of hydrogen-bond acceptors (Lipinski definition) is 5. The minimum atomic E-state index is -3.50. The average Bonchev–Trinajstić information content (AvgIpc) is 3.30. The highest BCUT2D eigenvalue weighted by Crippen LogP contribution is 2.33. The number of thiazole rings is 1. The van der Waals surface area contributed by atoms with Crippen LogP contribution in [-0.2, 0) is 14.8 Å². The van der Waals surface area contributed by atoms with E-state index < -0.39 is 10.0 Å². The number of ether oxygens (including phenoxy) is 1. The van der Waals surface area contributed by atoms with E-state index in [1.807, 2.05) is 12.1 Å². The number of aryl methyl sites for hydroxylation is 1. The molecule has 0 radical (unpaired) electrons. The fraction of sp³-hybridized carbons (Fsp3) is 0.423. The maximum Gasteiger partial charge on any atom is 0.243 e. The second-order valence-corrected chi connectivity index (χ2v) is 11.8. The number of nitrogens with zero attached hydrogens (tertiary/aromatic N) is 3. The Kier molecular flexibility index (Phi) is 7.01. The minimum Gasteiger partial charge on any atom is -0.379 e. The number of sulfonamides is 1. The molecule has 6 nitrogen and oxygen atoms in total. The van der Waals surface area contributed by atoms with Crippen LogP contribution in [0.5, 0.6) is 0 Å². The van der Waals surface area contributed by atoms with Gasteiger partial charge in [0.2, 0.25) is 10.0 Å². The van der Waals surface area contributed by atoms with E-state index in [-0.39, 0.29) is 0 Å². The quantitative estimate of drug-likeness (QED) is 0.482. The smallest absolute Gasteiger partial charge is 0.243 e. The Bertz CT molecular complexity index is 1280. The summed E-state index contributed by atoms with van der Waals surface area (Å²) in [4.78, 5) is 6.32. The van der Waals surface area contributed by atoms with Crippen molar-refractivity contribution in [2.75, 3.05) is 26.3 Å². The van der Waals surface area contributed by atoms with Crippen molar-refractivity contribution >= 4 is 27.0 Å². The molecule has 0 bridgehead atoms. The maximum atomic E-state index is 13.0. The molecule has 0 amide bonds. The summed E-state index contributed by atoms with van der Waals surface area (Å²) in [5.41, 5.74) is 4.31. The zero-order valence-electron chi connectivity index (χ0n) is 19.5. The predicted octanol–water partition coefficient (Wildman–Crippen LogP) is 5.28. The zero-order chi connectivity index (χ0) is 23.5. The molecule has 1 saturated carbocycles. The van der Waals surface area contributed by atoms with Crippen molar-refractivity contribution in [3.63, 3.8) is 0 Å². The van der Waals surface area contributed by atoms with Gasteiger partial charge in [-0.2, -0.15) is 4.31 Å². The Morgan fingerprint density at radius 1 is 0.941 bits per heavy atom. The van der Waals surface area contributed by atoms with Crippen LogP contribution >= 0.6 is 11.3 Å². The Labute approximate surface area is 205 Å². The summed E-state index contributed by atoms with van der Waals surface area (Å²) in [5, 5.41) is 2.16. The van der Waals surface area contributed by atoms with Gasteiger partial charge in [0.15, 0.2) is 4.80 Å². The van der Waals surface area contributed by atoms with Crippen molar-refractivity contribution in [2.45, 2.75) is 50.0 Å². The summed E-state index contributed by atoms with van der Waals surface area (Å²) in [5.74, 6) is 0. The molecule has 1 aliphatic carbocycles. The molecule has 0 N–H and O–H groups in total. The highest BCUT2D eigenvalue weighted by Gasteiger charge is 2.26. The minimum absolute atomic E-state index is 0.335. The molecule has 8 heteroatoms. The van der Waals surface area contributed by atoms with Crippen LogP contribution in [0.2, 0.25) is 0 Å². The van der Waals surface area contributed by atoms with Crippen molar-refractivity contribution in [2.24, 2.45) is 4.99 Å². The standard InChI is InChI=1S/C26H31N3O3S2/c1-20-7-11-22(12-8-20)27-26-29(23-5-3-2-4-6-23)25(19-33-26)21-9-13-24(14-10-21)34(30,31)28-15-17-32-18-16-28/h7-14,19,23H,2-6,15-18H2,1H3. The first-order valence-corrected chi connectivity index (χ1v) is 14.3. The van der Waals surface area contributed by atoms with Gasteiger partial charge < -0.3 is 9.30 Å². The summed E-state index contributed by atoms with van der Waals surface area (Å²) in [6.45, 7) is 3.78. The highest BCUT2D eigenvalue weighted by atomic mass is 32.2. The van der Waals surface area contributed by atoms with E-state index in [4.69, 9.17) is 9.73 Å². The molecular weight excluding hydrogens is 466 g/mol. The van der Waals surface area contributed by atoms with Gasteiger partial charge in [-0.25, -0.2) is 13.4 Å². The lowest BCUT2D eigenvalue weighted by Crippen LogP contribution is -2.40. The first kappa shape index (κ1) is 23.5. The van der Waals surface area contributed by atoms with E-state index in [1.54, 1.807) is 23.5 Å². The monoisotopic (exact) mass is 497 g/mol. The summed E-state index contributed by atoms with van der Waals surface area (Å²) >= 11 is 1.65. The van der Waals surface area contributed by atoms with Crippen molar-refractivity contribution in [3.05, 3.63) is 64.3 Å². The van der Waals surface area contributed by atoms with Crippen LogP contribution in [-0.4, -0.2) is 43.6 Å². The van der Waals surface area contributed by atoms with Crippen molar-refractivity contribution in [1.29, 1.82) is 0 Å². The Morgan fingerprint density at radius 3 is 2.29 bits per heavy atom. The van der Waals surface area contributed by atoms with Gasteiger partial charge in [-0.3, -0.25) is 0 Å². The normalized spacial score (nSPS) is 18.9. The van der Waals surface area contributed by atoms with Crippen LogP contribution in [0.4, 0.5) is 5.69 Å². The van der Waals surface area contributed by atoms with Gasteiger partial charge in [0, 0.05) is 24.5 Å². The Morgan fingerprint density at radius 2 is 1.62 bits per heavy atom. The van der Waals surface area contributed by atoms with Gasteiger partial charge in [-0.15, -0.1) is 11.3 Å². The first-order valence-electron chi connectivity index (χ1n) is 12.0. The molecule has 2 fully saturated rings. The van der Waals surface area contributed by atoms with Gasteiger partial charge >= 0.3 is 0 Å². The Balaban J connectivity index is 1.52. The van der Waals surface area contributed by atoms with Gasteiger partial charge in [0.25, 0.3) is 0 Å². The number of rotatable bonds is 5. The lowest BCUT2D eigenvalue weighted by molar-refractivity contribution is 0.0730. The fourth-order valence-electron chi connectivity index (χ4n) is 4.77. The van der Waals surface area contributed by atoms with Crippen LogP contribution in [0.25, 0.3) is 11.3 Å². The van der Waals surface area contributed by atoms with Gasteiger partial charge in [-0.1, -0.05) is 49.1 Å². The third-order valence-corrected chi connectivity index (χ3v) is 9.45. The summed E-state index contributed by atoms with van der Waals surface area (Å²) in [6.07, 6.45) is 6.04. The third-order valence-electron chi connectivity index (χ3n) is 6.70. The molecule has 0 atom stereocenters. The lowest BCUT2D eigenvalue weighted by atomic mass is 9.95. The van der Waals surface area contributed by atoms with Gasteiger partial charge in [0.1, 0.15) is 0 Å². The largest absolute Gasteiger partial charge is 0.379 e. The Hall–Kier alpha value is -2.26. The molecule has 2 aromatic carbocycles. The molecule has 2 heterocycles. The third kappa shape index (κ3) is 4.91. The molecule has 0 spiro atoms. The molecule has 1 aromatic heterocycles. The van der Waals surface area contributed by atoms with E-state index in [0.29, 0.717) is 37.2 Å². The first-order chi connectivity index (χ1) is 16.5. The zero-order valence-corrected chi connectivity index (χ0v) is 21.2. The SMILES string of the molecule is Cc1ccc(N=c2scc(-c3ccc(S(=O)(=O)N4CCOCC4)cc3)n2C2CCCCC2)cc1. The van der Waals surface area contributed by atoms with E-state index >= 15 is 0 Å². The summed E-state index contributed by atoms with van der Waals surface area (Å²) < 4.78 is 35.3. The number of hydrogen-bond donors (Lipinski definition) is 0. The van der Waals surface area contributed by atoms with E-state index in [0.717, 1.165) is 34.6 Å². The second kappa shape index (κ2) is 10.2. The molecule has 1 saturated heterocycles. The molecule has 0 unspecified atom stereocenters. The van der Waals surface area contributed by atoms with Gasteiger partial charge in [0.05, 0.1) is 29.5 Å². The average molecular weight is 498 g/mol. The van der Waals surface area contributed by atoms with Crippen LogP contribution in [0.3, 0.4) is 0 Å². The van der Waals surface area contributed by atoms with E-state index in [9.17, 15) is 8.42 Å². The molecular formula is C26H31N3O3S2. The van der Waals surface area contributed by atoms with Crippen molar-refractivity contribution < 1.29 is 13.2 Å². The van der Waals surface area contributed by atoms with E-state index in [2.05, 4.69) is 41.1 Å². The fourth-order valence-corrected chi connectivity index (χ4v) is 7.16. The van der Waals surface area contributed by atoms with Crippen molar-refractivity contribution in [1.82, 2.24) is 8.87 Å². The molecule has 1 aliphatic heterocycles. The maximum absolute atomic E-state index is 13.0. The second-order valence-electron chi connectivity index (χ2n) is 9.05. The number of benzene rings is 2. The van der Waals surface area contributed by atoms with Crippen LogP contribution in [0, 0.1) is 6.92 Å². The lowest BCUT2D eigenvalue weighted by Gasteiger charge is -2.26. The molecule has 5 rings (SSSR count). The van der Waals surface area contributed by atoms with E-state index in [1.165, 1.54) is 29.1 Å². The highest BCUT2D eigenvalue weighted by molar-refractivity contribution is 7.89. The topological polar surface area (TPSA) is 63.9 Å². The number of aromatic nitrogens is 1. The summed E-state index contributed by atoms with van der Waals surface area (Å²) in [6, 6.07) is 16.1. The molecule has 2 aliphatic rings. The molecule has 34 heavy (non-hydrogen) atoms. The van der Waals surface area contributed by atoms with Gasteiger partial charge in [-0.05, 0) is 49.6 Å². The number of morpholine rings is 1. The molecule has 3 aromatic rings. The van der Waals surface area contributed by atoms with Crippen molar-refractivity contribution in [3.8, 4) is 11.3 Å². The van der Waals surface area contributed by atoms with Crippen LogP contribution in [0.15, 0.2) is 63.8 Å². The predicted molar refractivity (Wildman–Crippen MR) is 136 cm³/mol. The van der Waals surface area contributed by atoms with Crippen LogP contribution in [0.1, 0.15) is 43.7 Å². The van der Waals surface area contributed by atoms with Crippen LogP contribution < -0.4 is 4.80 Å². The molecule has 180 valence electrons. The summed E-state index contributed by atoms with van der Waals surface area (Å²) in [7, 11) is -3.50.